The number of amides is 1. The number of nitrogens with two attached hydrogens (primary N) is 1. The van der Waals surface area contributed by atoms with E-state index in [1.807, 2.05) is 12.1 Å². The first-order chi connectivity index (χ1) is 12.1. The quantitative estimate of drug-likeness (QED) is 0.342. The summed E-state index contributed by atoms with van der Waals surface area (Å²) in [6.45, 7) is 0.0548. The number of rotatable bonds is 10. The predicted molar refractivity (Wildman–Crippen MR) is 93.0 cm³/mol. The Bertz CT molecular complexity index is 651. The molecule has 2 rings (SSSR count). The van der Waals surface area contributed by atoms with Crippen LogP contribution in [-0.2, 0) is 9.53 Å². The summed E-state index contributed by atoms with van der Waals surface area (Å²) < 4.78 is 18.8. The van der Waals surface area contributed by atoms with Crippen molar-refractivity contribution in [2.45, 2.75) is 19.3 Å². The Morgan fingerprint density at radius 1 is 1.36 bits per heavy atom. The van der Waals surface area contributed by atoms with Crippen LogP contribution in [0.15, 0.2) is 41.8 Å². The van der Waals surface area contributed by atoms with E-state index in [0.29, 0.717) is 17.9 Å². The van der Waals surface area contributed by atoms with E-state index in [9.17, 15) is 9.18 Å². The van der Waals surface area contributed by atoms with Gasteiger partial charge in [-0.1, -0.05) is 18.2 Å². The zero-order chi connectivity index (χ0) is 18.1. The van der Waals surface area contributed by atoms with Crippen LogP contribution < -0.4 is 16.4 Å². The van der Waals surface area contributed by atoms with Crippen molar-refractivity contribution >= 4 is 11.6 Å². The number of nitrogens with one attached hydrogen (secondary N) is 2. The first-order valence-corrected chi connectivity index (χ1v) is 8.23. The number of ether oxygens (including phenoxy) is 1. The molecule has 0 saturated heterocycles. The second-order valence-electron chi connectivity index (χ2n) is 6.09. The van der Waals surface area contributed by atoms with Crippen molar-refractivity contribution in [2.24, 2.45) is 11.1 Å². The minimum absolute atomic E-state index is 0.0454. The van der Waals surface area contributed by atoms with Crippen molar-refractivity contribution in [3.63, 3.8) is 0 Å². The smallest absolute Gasteiger partial charge is 0.292 e. The second-order valence-corrected chi connectivity index (χ2v) is 6.09. The average molecular weight is 346 g/mol. The minimum Gasteiger partial charge on any atom is -0.486 e. The van der Waals surface area contributed by atoms with Gasteiger partial charge in [0.1, 0.15) is 0 Å². The SMILES string of the molecule is N#CCCN/C(CN)=C(\OCC1(CF)CC1)C(=O)Nc1ccccc1. The summed E-state index contributed by atoms with van der Waals surface area (Å²) in [5.41, 5.74) is 6.28. The van der Waals surface area contributed by atoms with Gasteiger partial charge in [0.25, 0.3) is 5.91 Å². The normalized spacial score (nSPS) is 15.6. The molecule has 1 aromatic rings. The number of nitriles is 1. The van der Waals surface area contributed by atoms with Crippen LogP contribution in [0, 0.1) is 16.7 Å². The Labute approximate surface area is 146 Å². The van der Waals surface area contributed by atoms with Gasteiger partial charge in [-0.2, -0.15) is 5.26 Å². The number of benzene rings is 1. The fraction of sp³-hybridized carbons (Fsp3) is 0.444. The molecule has 25 heavy (non-hydrogen) atoms. The lowest BCUT2D eigenvalue weighted by Gasteiger charge is -2.19. The lowest BCUT2D eigenvalue weighted by atomic mass is 10.1. The molecule has 1 aliphatic carbocycles. The van der Waals surface area contributed by atoms with E-state index >= 15 is 0 Å². The molecule has 0 aromatic heterocycles. The minimum atomic E-state index is -0.482. The van der Waals surface area contributed by atoms with Crippen LogP contribution in [0.5, 0.6) is 0 Å². The van der Waals surface area contributed by atoms with Crippen molar-refractivity contribution in [1.29, 1.82) is 5.26 Å². The van der Waals surface area contributed by atoms with Crippen molar-refractivity contribution in [3.8, 4) is 6.07 Å². The largest absolute Gasteiger partial charge is 0.486 e. The van der Waals surface area contributed by atoms with Crippen LogP contribution in [0.1, 0.15) is 19.3 Å². The lowest BCUT2D eigenvalue weighted by Crippen LogP contribution is -2.30. The Kier molecular flexibility index (Phi) is 6.78. The van der Waals surface area contributed by atoms with Crippen LogP contribution in [0.3, 0.4) is 0 Å². The number of carbonyl (C=O) groups excluding carboxylic acids is 1. The number of hydrogen-bond acceptors (Lipinski definition) is 5. The molecule has 0 aliphatic heterocycles. The summed E-state index contributed by atoms with van der Waals surface area (Å²) in [6.07, 6.45) is 1.76. The highest BCUT2D eigenvalue weighted by atomic mass is 19.1. The summed E-state index contributed by atoms with van der Waals surface area (Å²) in [6, 6.07) is 11.0. The highest BCUT2D eigenvalue weighted by Crippen LogP contribution is 2.46. The second kappa shape index (κ2) is 9.04. The molecule has 0 heterocycles. The molecule has 4 N–H and O–H groups in total. The van der Waals surface area contributed by atoms with Gasteiger partial charge in [0, 0.05) is 24.2 Å². The predicted octanol–water partition coefficient (Wildman–Crippen LogP) is 2.06. The fourth-order valence-corrected chi connectivity index (χ4v) is 2.23. The van der Waals surface area contributed by atoms with Gasteiger partial charge in [-0.3, -0.25) is 9.18 Å². The average Bonchev–Trinajstić information content (AvgIpc) is 3.41. The molecule has 0 unspecified atom stereocenters. The molecule has 1 aliphatic rings. The molecular formula is C18H23FN4O2. The summed E-state index contributed by atoms with van der Waals surface area (Å²) in [5, 5.41) is 14.4. The standard InChI is InChI=1S/C18H23FN4O2/c19-12-18(7-8-18)13-25-16(15(11-21)22-10-4-9-20)17(24)23-14-5-2-1-3-6-14/h1-3,5-6,22H,4,7-8,10-13,21H2,(H,23,24)/b16-15-. The maximum atomic E-state index is 13.1. The Morgan fingerprint density at radius 3 is 2.64 bits per heavy atom. The number of nitrogens with zero attached hydrogens (tertiary/aromatic N) is 1. The maximum Gasteiger partial charge on any atom is 0.292 e. The molecule has 6 nitrogen and oxygen atoms in total. The van der Waals surface area contributed by atoms with Gasteiger partial charge in [0.2, 0.25) is 5.76 Å². The van der Waals surface area contributed by atoms with E-state index in [1.165, 1.54) is 0 Å². The highest BCUT2D eigenvalue weighted by Gasteiger charge is 2.44. The van der Waals surface area contributed by atoms with Gasteiger partial charge in [-0.05, 0) is 25.0 Å². The van der Waals surface area contributed by atoms with Crippen molar-refractivity contribution < 1.29 is 13.9 Å². The molecule has 0 spiro atoms. The molecule has 1 aromatic carbocycles. The number of para-hydroxylation sites is 1. The summed E-state index contributed by atoms with van der Waals surface area (Å²) >= 11 is 0. The molecule has 1 saturated carbocycles. The topological polar surface area (TPSA) is 100 Å². The molecule has 7 heteroatoms. The van der Waals surface area contributed by atoms with Crippen LogP contribution >= 0.6 is 0 Å². The Morgan fingerprint density at radius 2 is 2.08 bits per heavy atom. The Balaban J connectivity index is 2.14. The summed E-state index contributed by atoms with van der Waals surface area (Å²) in [5.74, 6) is -0.408. The van der Waals surface area contributed by atoms with Crippen LogP contribution in [0.2, 0.25) is 0 Å². The van der Waals surface area contributed by atoms with Crippen molar-refractivity contribution in [3.05, 3.63) is 41.8 Å². The molecular weight excluding hydrogens is 323 g/mol. The lowest BCUT2D eigenvalue weighted by molar-refractivity contribution is -0.116. The summed E-state index contributed by atoms with van der Waals surface area (Å²) in [7, 11) is 0. The Hall–Kier alpha value is -2.59. The van der Waals surface area contributed by atoms with Gasteiger partial charge in [-0.15, -0.1) is 0 Å². The number of hydrogen-bond donors (Lipinski definition) is 3. The van der Waals surface area contributed by atoms with Crippen molar-refractivity contribution in [2.75, 3.05) is 31.7 Å². The van der Waals surface area contributed by atoms with E-state index < -0.39 is 18.0 Å². The number of alkyl halides is 1. The van der Waals surface area contributed by atoms with Gasteiger partial charge < -0.3 is 21.1 Å². The molecule has 1 amide bonds. The third-order valence-corrected chi connectivity index (χ3v) is 4.05. The van der Waals surface area contributed by atoms with Gasteiger partial charge in [-0.25, -0.2) is 0 Å². The molecule has 1 fully saturated rings. The van der Waals surface area contributed by atoms with Gasteiger partial charge in [0.05, 0.1) is 31.5 Å². The zero-order valence-corrected chi connectivity index (χ0v) is 14.1. The van der Waals surface area contributed by atoms with E-state index in [-0.39, 0.29) is 25.3 Å². The number of anilines is 1. The molecule has 0 bridgehead atoms. The van der Waals surface area contributed by atoms with Crippen LogP contribution in [0.25, 0.3) is 0 Å². The van der Waals surface area contributed by atoms with E-state index in [0.717, 1.165) is 12.8 Å². The maximum absolute atomic E-state index is 13.1. The highest BCUT2D eigenvalue weighted by molar-refractivity contribution is 6.02. The monoisotopic (exact) mass is 346 g/mol. The first kappa shape index (κ1) is 18.7. The third-order valence-electron chi connectivity index (χ3n) is 4.05. The molecule has 134 valence electrons. The molecule has 0 radical (unpaired) electrons. The van der Waals surface area contributed by atoms with E-state index in [1.54, 1.807) is 24.3 Å². The van der Waals surface area contributed by atoms with Gasteiger partial charge in [0.15, 0.2) is 0 Å². The van der Waals surface area contributed by atoms with E-state index in [2.05, 4.69) is 10.6 Å². The van der Waals surface area contributed by atoms with Gasteiger partial charge >= 0.3 is 0 Å². The summed E-state index contributed by atoms with van der Waals surface area (Å²) in [4.78, 5) is 12.6. The third kappa shape index (κ3) is 5.47. The number of carbonyl (C=O) groups is 1. The fourth-order valence-electron chi connectivity index (χ4n) is 2.23. The van der Waals surface area contributed by atoms with E-state index in [4.69, 9.17) is 15.7 Å². The van der Waals surface area contributed by atoms with Crippen LogP contribution in [0.4, 0.5) is 10.1 Å². The number of halogens is 1. The van der Waals surface area contributed by atoms with Crippen LogP contribution in [-0.4, -0.2) is 32.3 Å². The molecule has 0 atom stereocenters. The first-order valence-electron chi connectivity index (χ1n) is 8.23. The zero-order valence-electron chi connectivity index (χ0n) is 14.1. The van der Waals surface area contributed by atoms with Crippen molar-refractivity contribution in [1.82, 2.24) is 5.32 Å².